The van der Waals surface area contributed by atoms with Gasteiger partial charge in [-0.05, 0) is 37.1 Å². The fourth-order valence-corrected chi connectivity index (χ4v) is 2.50. The van der Waals surface area contributed by atoms with E-state index in [1.165, 1.54) is 0 Å². The number of carboxylic acid groups (broad SMARTS) is 1. The number of primary amides is 1. The Morgan fingerprint density at radius 2 is 1.81 bits per heavy atom. The number of hydrogen-bond donors (Lipinski definition) is 4. The highest BCUT2D eigenvalue weighted by Crippen LogP contribution is 2.24. The number of nitrogens with two attached hydrogens (primary N) is 1. The molecule has 5 N–H and O–H groups in total. The Bertz CT molecular complexity index is 566. The van der Waals surface area contributed by atoms with Crippen LogP contribution in [0.3, 0.4) is 0 Å². The van der Waals surface area contributed by atoms with Gasteiger partial charge in [0.25, 0.3) is 0 Å². The molecule has 1 aromatic rings. The van der Waals surface area contributed by atoms with Crippen molar-refractivity contribution in [2.45, 2.75) is 26.3 Å². The van der Waals surface area contributed by atoms with Crippen LogP contribution in [-0.2, 0) is 9.59 Å². The highest BCUT2D eigenvalue weighted by molar-refractivity contribution is 9.10. The van der Waals surface area contributed by atoms with E-state index in [2.05, 4.69) is 26.6 Å². The van der Waals surface area contributed by atoms with Gasteiger partial charge in [-0.25, -0.2) is 9.59 Å². The molecule has 0 radical (unpaired) electrons. The van der Waals surface area contributed by atoms with E-state index in [0.717, 1.165) is 15.6 Å². The first-order valence-corrected chi connectivity index (χ1v) is 6.85. The molecule has 0 unspecified atom stereocenters. The van der Waals surface area contributed by atoms with Crippen LogP contribution < -0.4 is 16.4 Å². The maximum atomic E-state index is 11.8. The molecular weight excluding hydrogens is 342 g/mol. The van der Waals surface area contributed by atoms with E-state index < -0.39 is 30.4 Å². The monoisotopic (exact) mass is 357 g/mol. The number of anilines is 1. The Morgan fingerprint density at radius 1 is 1.29 bits per heavy atom. The molecule has 0 saturated heterocycles. The van der Waals surface area contributed by atoms with E-state index in [1.54, 1.807) is 0 Å². The Morgan fingerprint density at radius 3 is 2.24 bits per heavy atom. The van der Waals surface area contributed by atoms with Gasteiger partial charge in [-0.15, -0.1) is 0 Å². The molecule has 0 aromatic heterocycles. The molecule has 0 aliphatic rings. The first-order chi connectivity index (χ1) is 9.70. The number of benzene rings is 1. The van der Waals surface area contributed by atoms with Gasteiger partial charge in [0.2, 0.25) is 5.91 Å². The molecule has 114 valence electrons. The fourth-order valence-electron chi connectivity index (χ4n) is 1.82. The van der Waals surface area contributed by atoms with Gasteiger partial charge < -0.3 is 21.5 Å². The Balaban J connectivity index is 2.82. The highest BCUT2D eigenvalue weighted by Gasteiger charge is 2.22. The van der Waals surface area contributed by atoms with Crippen LogP contribution in [0, 0.1) is 13.8 Å². The summed E-state index contributed by atoms with van der Waals surface area (Å²) < 4.78 is 0.876. The molecule has 1 aromatic carbocycles. The molecule has 0 spiro atoms. The Hall–Kier alpha value is -2.09. The third kappa shape index (κ3) is 5.07. The lowest BCUT2D eigenvalue weighted by molar-refractivity contribution is -0.140. The van der Waals surface area contributed by atoms with Gasteiger partial charge >= 0.3 is 12.0 Å². The molecule has 0 saturated carbocycles. The van der Waals surface area contributed by atoms with Crippen LogP contribution in [0.4, 0.5) is 10.5 Å². The minimum Gasteiger partial charge on any atom is -0.480 e. The number of carboxylic acids is 1. The number of halogens is 1. The van der Waals surface area contributed by atoms with Crippen molar-refractivity contribution in [1.29, 1.82) is 0 Å². The summed E-state index contributed by atoms with van der Waals surface area (Å²) in [7, 11) is 0. The predicted molar refractivity (Wildman–Crippen MR) is 81.0 cm³/mol. The normalized spacial score (nSPS) is 11.6. The zero-order chi connectivity index (χ0) is 16.2. The molecule has 0 bridgehead atoms. The van der Waals surface area contributed by atoms with Gasteiger partial charge in [-0.2, -0.15) is 0 Å². The number of carbonyl (C=O) groups excluding carboxylic acids is 2. The van der Waals surface area contributed by atoms with E-state index in [1.807, 2.05) is 26.0 Å². The third-order valence-electron chi connectivity index (χ3n) is 2.74. The summed E-state index contributed by atoms with van der Waals surface area (Å²) in [5.41, 5.74) is 7.16. The maximum Gasteiger partial charge on any atom is 0.326 e. The second-order valence-electron chi connectivity index (χ2n) is 4.57. The molecule has 1 rings (SSSR count). The van der Waals surface area contributed by atoms with Crippen molar-refractivity contribution in [3.8, 4) is 0 Å². The molecule has 0 aliphatic heterocycles. The summed E-state index contributed by atoms with van der Waals surface area (Å²) in [6.45, 7) is 3.62. The number of rotatable bonds is 5. The average Bonchev–Trinajstić information content (AvgIpc) is 2.32. The van der Waals surface area contributed by atoms with Gasteiger partial charge in [0.05, 0.1) is 6.42 Å². The van der Waals surface area contributed by atoms with Crippen LogP contribution in [0.15, 0.2) is 16.6 Å². The number of urea groups is 1. The predicted octanol–water partition coefficient (Wildman–Crippen LogP) is 1.52. The first-order valence-electron chi connectivity index (χ1n) is 6.06. The average molecular weight is 358 g/mol. The molecule has 8 heteroatoms. The summed E-state index contributed by atoms with van der Waals surface area (Å²) in [5, 5.41) is 13.7. The molecule has 0 heterocycles. The minimum atomic E-state index is -1.36. The van der Waals surface area contributed by atoms with Crippen LogP contribution in [-0.4, -0.2) is 29.1 Å². The van der Waals surface area contributed by atoms with Crippen LogP contribution in [0.25, 0.3) is 0 Å². The molecular formula is C13H16BrN3O4. The van der Waals surface area contributed by atoms with Crippen LogP contribution in [0.1, 0.15) is 17.5 Å². The summed E-state index contributed by atoms with van der Waals surface area (Å²) in [4.78, 5) is 33.6. The minimum absolute atomic E-state index is 0.471. The van der Waals surface area contributed by atoms with Gasteiger partial charge in [0.15, 0.2) is 0 Å². The third-order valence-corrected chi connectivity index (χ3v) is 3.20. The van der Waals surface area contributed by atoms with Crippen molar-refractivity contribution in [2.75, 3.05) is 5.32 Å². The molecule has 0 fully saturated rings. The van der Waals surface area contributed by atoms with Crippen molar-refractivity contribution in [3.63, 3.8) is 0 Å². The number of nitrogens with one attached hydrogen (secondary N) is 2. The van der Waals surface area contributed by atoms with Crippen LogP contribution >= 0.6 is 15.9 Å². The number of carbonyl (C=O) groups is 3. The second-order valence-corrected chi connectivity index (χ2v) is 5.49. The van der Waals surface area contributed by atoms with E-state index >= 15 is 0 Å². The molecule has 1 atom stereocenters. The maximum absolute atomic E-state index is 11.8. The van der Waals surface area contributed by atoms with E-state index in [-0.39, 0.29) is 0 Å². The summed E-state index contributed by atoms with van der Waals surface area (Å²) >= 11 is 3.34. The Labute approximate surface area is 130 Å². The van der Waals surface area contributed by atoms with Crippen molar-refractivity contribution in [3.05, 3.63) is 27.7 Å². The van der Waals surface area contributed by atoms with Crippen molar-refractivity contribution >= 4 is 39.5 Å². The van der Waals surface area contributed by atoms with Crippen molar-refractivity contribution in [2.24, 2.45) is 5.73 Å². The lowest BCUT2D eigenvalue weighted by Gasteiger charge is -2.16. The van der Waals surface area contributed by atoms with Gasteiger partial charge in [-0.3, -0.25) is 4.79 Å². The summed E-state index contributed by atoms with van der Waals surface area (Å²) in [6.07, 6.45) is -0.471. The quantitative estimate of drug-likeness (QED) is 0.637. The van der Waals surface area contributed by atoms with Crippen LogP contribution in [0.2, 0.25) is 0 Å². The second kappa shape index (κ2) is 7.07. The van der Waals surface area contributed by atoms with Crippen LogP contribution in [0.5, 0.6) is 0 Å². The molecule has 21 heavy (non-hydrogen) atoms. The summed E-state index contributed by atoms with van der Waals surface area (Å²) in [5.74, 6) is -2.13. The standard InChI is InChI=1S/C13H16BrN3O4/c1-6-3-8(14)4-7(2)11(6)17-13(21)16-9(12(19)20)5-10(15)18/h3-4,9H,5H2,1-2H3,(H2,15,18)(H,19,20)(H2,16,17,21)/t9-/m1/s1. The smallest absolute Gasteiger partial charge is 0.326 e. The van der Waals surface area contributed by atoms with Crippen molar-refractivity contribution in [1.82, 2.24) is 5.32 Å². The van der Waals surface area contributed by atoms with E-state index in [4.69, 9.17) is 10.8 Å². The zero-order valence-corrected chi connectivity index (χ0v) is 13.2. The van der Waals surface area contributed by atoms with E-state index in [9.17, 15) is 14.4 Å². The lowest BCUT2D eigenvalue weighted by Crippen LogP contribution is -2.45. The number of hydrogen-bond acceptors (Lipinski definition) is 3. The summed E-state index contributed by atoms with van der Waals surface area (Å²) in [6, 6.07) is 1.57. The van der Waals surface area contributed by atoms with Gasteiger partial charge in [0.1, 0.15) is 6.04 Å². The lowest BCUT2D eigenvalue weighted by atomic mass is 10.1. The van der Waals surface area contributed by atoms with Gasteiger partial charge in [-0.1, -0.05) is 15.9 Å². The van der Waals surface area contributed by atoms with Crippen molar-refractivity contribution < 1.29 is 19.5 Å². The zero-order valence-electron chi connectivity index (χ0n) is 11.6. The van der Waals surface area contributed by atoms with E-state index in [0.29, 0.717) is 5.69 Å². The van der Waals surface area contributed by atoms with Gasteiger partial charge in [0, 0.05) is 10.2 Å². The molecule has 3 amide bonds. The molecule has 7 nitrogen and oxygen atoms in total. The first kappa shape index (κ1) is 17.0. The largest absolute Gasteiger partial charge is 0.480 e. The number of amides is 3. The number of aryl methyl sites for hydroxylation is 2. The fraction of sp³-hybridized carbons (Fsp3) is 0.308. The topological polar surface area (TPSA) is 122 Å². The number of aliphatic carboxylic acids is 1. The highest BCUT2D eigenvalue weighted by atomic mass is 79.9. The molecule has 0 aliphatic carbocycles. The SMILES string of the molecule is Cc1cc(Br)cc(C)c1NC(=O)N[C@H](CC(N)=O)C(=O)O. The Kier molecular flexibility index (Phi) is 5.71.